The van der Waals surface area contributed by atoms with Gasteiger partial charge in [0.25, 0.3) is 0 Å². The van der Waals surface area contributed by atoms with Gasteiger partial charge in [0, 0.05) is 49.3 Å². The van der Waals surface area contributed by atoms with E-state index in [4.69, 9.17) is 14.5 Å². The first-order valence-corrected chi connectivity index (χ1v) is 14.6. The van der Waals surface area contributed by atoms with E-state index in [0.29, 0.717) is 51.7 Å². The highest BCUT2D eigenvalue weighted by molar-refractivity contribution is 5.82. The first kappa shape index (κ1) is 27.7. The fraction of sp³-hybridized carbons (Fsp3) is 0.303. The van der Waals surface area contributed by atoms with Crippen LogP contribution in [0.3, 0.4) is 0 Å². The monoisotopic (exact) mass is 564 g/mol. The highest BCUT2D eigenvalue weighted by Gasteiger charge is 2.21. The van der Waals surface area contributed by atoms with E-state index in [1.807, 2.05) is 48.5 Å². The first-order chi connectivity index (χ1) is 20.7. The number of carbonyl (C=O) groups is 1. The van der Waals surface area contributed by atoms with Gasteiger partial charge in [0.1, 0.15) is 5.75 Å². The molecule has 6 rings (SSSR count). The number of morpholine rings is 1. The molecule has 9 heteroatoms. The summed E-state index contributed by atoms with van der Waals surface area (Å²) in [5.74, 6) is 1.25. The van der Waals surface area contributed by atoms with Crippen LogP contribution in [-0.4, -0.2) is 61.4 Å². The van der Waals surface area contributed by atoms with Crippen LogP contribution < -0.4 is 25.6 Å². The summed E-state index contributed by atoms with van der Waals surface area (Å²) in [6.07, 6.45) is 3.04. The summed E-state index contributed by atoms with van der Waals surface area (Å²) in [5.41, 5.74) is 5.94. The predicted molar refractivity (Wildman–Crippen MR) is 164 cm³/mol. The van der Waals surface area contributed by atoms with Gasteiger partial charge in [-0.1, -0.05) is 42.5 Å². The molecule has 0 aliphatic carbocycles. The number of fused-ring (bicyclic) bond motifs is 7. The maximum Gasteiger partial charge on any atom is 0.237 e. The molecular formula is C33H36N6O3. The van der Waals surface area contributed by atoms with Crippen molar-refractivity contribution in [1.82, 2.24) is 20.6 Å². The summed E-state index contributed by atoms with van der Waals surface area (Å²) in [6.45, 7) is 4.56. The second-order valence-corrected chi connectivity index (χ2v) is 10.5. The molecule has 3 N–H and O–H groups in total. The smallest absolute Gasteiger partial charge is 0.237 e. The Kier molecular flexibility index (Phi) is 8.87. The Labute approximate surface area is 246 Å². The van der Waals surface area contributed by atoms with Crippen LogP contribution >= 0.6 is 0 Å². The zero-order valence-corrected chi connectivity index (χ0v) is 23.6. The summed E-state index contributed by atoms with van der Waals surface area (Å²) in [5, 5.41) is 10.1. The lowest BCUT2D eigenvalue weighted by Crippen LogP contribution is -2.46. The number of rotatable bonds is 3. The van der Waals surface area contributed by atoms with Crippen LogP contribution in [0.1, 0.15) is 17.5 Å². The molecule has 0 radical (unpaired) electrons. The van der Waals surface area contributed by atoms with E-state index in [9.17, 15) is 4.79 Å². The lowest BCUT2D eigenvalue weighted by atomic mass is 10.0. The molecule has 1 atom stereocenters. The van der Waals surface area contributed by atoms with Crippen molar-refractivity contribution >= 4 is 23.2 Å². The Bertz CT molecular complexity index is 1490. The number of anilines is 3. The summed E-state index contributed by atoms with van der Waals surface area (Å²) < 4.78 is 11.6. The van der Waals surface area contributed by atoms with Crippen LogP contribution in [0.2, 0.25) is 0 Å². The molecule has 2 aliphatic rings. The Morgan fingerprint density at radius 3 is 2.69 bits per heavy atom. The molecule has 6 bridgehead atoms. The van der Waals surface area contributed by atoms with E-state index < -0.39 is 6.04 Å². The number of nitrogens with zero attached hydrogens (tertiary/aromatic N) is 3. The maximum atomic E-state index is 13.4. The highest BCUT2D eigenvalue weighted by atomic mass is 16.5. The molecule has 1 aromatic heterocycles. The fourth-order valence-electron chi connectivity index (χ4n) is 5.31. The topological polar surface area (TPSA) is 101 Å². The Balaban J connectivity index is 1.33. The van der Waals surface area contributed by atoms with E-state index >= 15 is 0 Å². The highest BCUT2D eigenvalue weighted by Crippen LogP contribution is 2.28. The molecule has 4 aromatic rings. The number of hydrogen-bond donors (Lipinski definition) is 3. The summed E-state index contributed by atoms with van der Waals surface area (Å²) >= 11 is 0. The SMILES string of the molecule is O=C1NCCCOc2cccc(c2)-c2ccnc(n2)Nc2ccc(N3CCOCC3)c(c2)CN[C@H]1Cc1ccccc1. The second-order valence-electron chi connectivity index (χ2n) is 10.5. The summed E-state index contributed by atoms with van der Waals surface area (Å²) in [6, 6.07) is 25.8. The van der Waals surface area contributed by atoms with Crippen molar-refractivity contribution in [3.05, 3.63) is 96.2 Å². The molecular weight excluding hydrogens is 528 g/mol. The second kappa shape index (κ2) is 13.5. The van der Waals surface area contributed by atoms with Gasteiger partial charge in [-0.2, -0.15) is 0 Å². The quantitative estimate of drug-likeness (QED) is 0.338. The molecule has 1 amide bonds. The number of aromatic nitrogens is 2. The first-order valence-electron chi connectivity index (χ1n) is 14.6. The van der Waals surface area contributed by atoms with Crippen LogP contribution in [-0.2, 0) is 22.5 Å². The molecule has 3 aromatic carbocycles. The van der Waals surface area contributed by atoms with Gasteiger partial charge in [0.15, 0.2) is 0 Å². The van der Waals surface area contributed by atoms with Crippen molar-refractivity contribution in [2.45, 2.75) is 25.4 Å². The maximum absolute atomic E-state index is 13.4. The number of benzene rings is 3. The Morgan fingerprint density at radius 1 is 0.929 bits per heavy atom. The number of nitrogens with one attached hydrogen (secondary N) is 3. The van der Waals surface area contributed by atoms with Crippen molar-refractivity contribution in [2.75, 3.05) is 49.7 Å². The normalized spacial score (nSPS) is 18.0. The van der Waals surface area contributed by atoms with Gasteiger partial charge in [0.2, 0.25) is 11.9 Å². The minimum atomic E-state index is -0.402. The fourth-order valence-corrected chi connectivity index (χ4v) is 5.31. The minimum absolute atomic E-state index is 0.0228. The van der Waals surface area contributed by atoms with E-state index in [1.54, 1.807) is 6.20 Å². The van der Waals surface area contributed by atoms with Crippen LogP contribution in [0.25, 0.3) is 11.3 Å². The van der Waals surface area contributed by atoms with Gasteiger partial charge in [-0.15, -0.1) is 0 Å². The van der Waals surface area contributed by atoms with Crippen LogP contribution in [0.4, 0.5) is 17.3 Å². The standard InChI is InChI=1S/C33H36N6O3/c40-32-30(20-24-6-2-1-3-7-24)36-23-26-21-27(10-11-31(26)39-15-18-41-19-16-39)37-33-35-14-12-29(38-33)25-8-4-9-28(22-25)42-17-5-13-34-32/h1-4,6-12,14,21-22,30,36H,5,13,15-20,23H2,(H,34,40)(H,35,37,38)/t30-/m0/s1. The van der Waals surface area contributed by atoms with E-state index in [2.05, 4.69) is 56.2 Å². The van der Waals surface area contributed by atoms with Crippen LogP contribution in [0.15, 0.2) is 85.1 Å². The van der Waals surface area contributed by atoms with Gasteiger partial charge in [-0.05, 0) is 60.4 Å². The van der Waals surface area contributed by atoms with Crippen LogP contribution in [0, 0.1) is 0 Å². The zero-order chi connectivity index (χ0) is 28.6. The molecule has 1 saturated heterocycles. The van der Waals surface area contributed by atoms with Gasteiger partial charge in [-0.25, -0.2) is 9.97 Å². The lowest BCUT2D eigenvalue weighted by molar-refractivity contribution is -0.123. The van der Waals surface area contributed by atoms with E-state index in [1.165, 1.54) is 0 Å². The minimum Gasteiger partial charge on any atom is -0.494 e. The number of hydrogen-bond acceptors (Lipinski definition) is 8. The van der Waals surface area contributed by atoms with Crippen molar-refractivity contribution < 1.29 is 14.3 Å². The molecule has 216 valence electrons. The van der Waals surface area contributed by atoms with Gasteiger partial charge in [0.05, 0.1) is 31.6 Å². The van der Waals surface area contributed by atoms with Crippen molar-refractivity contribution in [2.24, 2.45) is 0 Å². The molecule has 9 nitrogen and oxygen atoms in total. The number of ether oxygens (including phenoxy) is 2. The third kappa shape index (κ3) is 7.05. The van der Waals surface area contributed by atoms with Crippen LogP contribution in [0.5, 0.6) is 5.75 Å². The van der Waals surface area contributed by atoms with E-state index in [-0.39, 0.29) is 5.91 Å². The van der Waals surface area contributed by atoms with Gasteiger partial charge >= 0.3 is 0 Å². The molecule has 3 heterocycles. The van der Waals surface area contributed by atoms with Crippen molar-refractivity contribution in [3.63, 3.8) is 0 Å². The van der Waals surface area contributed by atoms with E-state index in [0.717, 1.165) is 52.6 Å². The zero-order valence-electron chi connectivity index (χ0n) is 23.6. The van der Waals surface area contributed by atoms with Crippen molar-refractivity contribution in [3.8, 4) is 17.0 Å². The third-order valence-corrected chi connectivity index (χ3v) is 7.50. The Morgan fingerprint density at radius 2 is 1.81 bits per heavy atom. The largest absolute Gasteiger partial charge is 0.494 e. The average molecular weight is 565 g/mol. The van der Waals surface area contributed by atoms with Gasteiger partial charge in [-0.3, -0.25) is 4.79 Å². The average Bonchev–Trinajstić information content (AvgIpc) is 3.04. The predicted octanol–water partition coefficient (Wildman–Crippen LogP) is 4.32. The lowest BCUT2D eigenvalue weighted by Gasteiger charge is -2.31. The number of amides is 1. The molecule has 0 saturated carbocycles. The molecule has 0 spiro atoms. The summed E-state index contributed by atoms with van der Waals surface area (Å²) in [4.78, 5) is 25.0. The van der Waals surface area contributed by atoms with Gasteiger partial charge < -0.3 is 30.3 Å². The Hall–Kier alpha value is -4.47. The molecule has 2 aliphatic heterocycles. The molecule has 1 fully saturated rings. The number of carbonyl (C=O) groups excluding carboxylic acids is 1. The molecule has 42 heavy (non-hydrogen) atoms. The van der Waals surface area contributed by atoms with Crippen molar-refractivity contribution in [1.29, 1.82) is 0 Å². The summed E-state index contributed by atoms with van der Waals surface area (Å²) in [7, 11) is 0. The third-order valence-electron chi connectivity index (χ3n) is 7.50. The molecule has 0 unspecified atom stereocenters.